The number of fused-ring (bicyclic) bond motifs is 3. The van der Waals surface area contributed by atoms with Gasteiger partial charge >= 0.3 is 12.1 Å². The maximum atomic E-state index is 12.7. The topological polar surface area (TPSA) is 114 Å². The molecule has 0 spiro atoms. The number of carbonyl (C=O) groups excluding carboxylic acids is 2. The Morgan fingerprint density at radius 3 is 2.15 bits per heavy atom. The summed E-state index contributed by atoms with van der Waals surface area (Å²) in [7, 11) is 1.39. The number of carboxylic acid groups (broad SMARTS) is 1. The van der Waals surface area contributed by atoms with E-state index in [9.17, 15) is 19.5 Å². The summed E-state index contributed by atoms with van der Waals surface area (Å²) < 4.78 is 10.6. The first-order valence-corrected chi connectivity index (χ1v) is 11.0. The Bertz CT molecular complexity index is 1020. The lowest BCUT2D eigenvalue weighted by Gasteiger charge is -2.23. The fourth-order valence-corrected chi connectivity index (χ4v) is 4.34. The molecule has 2 aliphatic rings. The molecule has 8 nitrogen and oxygen atoms in total. The molecule has 174 valence electrons. The van der Waals surface area contributed by atoms with Crippen LogP contribution in [0.1, 0.15) is 36.8 Å². The van der Waals surface area contributed by atoms with E-state index in [1.54, 1.807) is 6.92 Å². The number of carbonyl (C=O) groups is 3. The molecule has 0 bridgehead atoms. The molecule has 0 heterocycles. The standard InChI is InChI=1S/C25H28N2O6/c1-15(32-2)21(22(28)29)27-23(30)25(11-12-25)14-26-24(31)33-13-20-18-9-5-3-7-16(18)17-8-4-6-10-19(17)20/h3-10,15,20-21H,11-14H2,1-2H3,(H,26,31)(H,27,30)(H,28,29). The van der Waals surface area contributed by atoms with Crippen molar-refractivity contribution in [3.63, 3.8) is 0 Å². The van der Waals surface area contributed by atoms with E-state index < -0.39 is 35.5 Å². The highest BCUT2D eigenvalue weighted by Crippen LogP contribution is 2.46. The quantitative estimate of drug-likeness (QED) is 0.539. The van der Waals surface area contributed by atoms with Crippen molar-refractivity contribution in [2.24, 2.45) is 5.41 Å². The van der Waals surface area contributed by atoms with Gasteiger partial charge in [0.25, 0.3) is 0 Å². The second-order valence-corrected chi connectivity index (χ2v) is 8.69. The van der Waals surface area contributed by atoms with E-state index in [0.717, 1.165) is 22.3 Å². The number of methoxy groups -OCH3 is 1. The van der Waals surface area contributed by atoms with Gasteiger partial charge in [0.15, 0.2) is 6.04 Å². The number of amides is 2. The second-order valence-electron chi connectivity index (χ2n) is 8.69. The summed E-state index contributed by atoms with van der Waals surface area (Å²) in [5, 5.41) is 14.6. The third-order valence-electron chi connectivity index (χ3n) is 6.64. The molecule has 2 unspecified atom stereocenters. The fourth-order valence-electron chi connectivity index (χ4n) is 4.34. The summed E-state index contributed by atoms with van der Waals surface area (Å²) in [4.78, 5) is 36.6. The molecular weight excluding hydrogens is 424 g/mol. The molecular formula is C25H28N2O6. The van der Waals surface area contributed by atoms with Crippen molar-refractivity contribution in [3.05, 3.63) is 59.7 Å². The van der Waals surface area contributed by atoms with Crippen molar-refractivity contribution in [3.8, 4) is 11.1 Å². The van der Waals surface area contributed by atoms with Gasteiger partial charge in [0.1, 0.15) is 6.61 Å². The van der Waals surface area contributed by atoms with Crippen molar-refractivity contribution in [1.82, 2.24) is 10.6 Å². The van der Waals surface area contributed by atoms with Crippen LogP contribution >= 0.6 is 0 Å². The fraction of sp³-hybridized carbons (Fsp3) is 0.400. The lowest BCUT2D eigenvalue weighted by atomic mass is 9.98. The van der Waals surface area contributed by atoms with Crippen LogP contribution in [0.5, 0.6) is 0 Å². The van der Waals surface area contributed by atoms with Crippen LogP contribution in [0.4, 0.5) is 4.79 Å². The predicted octanol–water partition coefficient (Wildman–Crippen LogP) is 2.91. The first kappa shape index (κ1) is 22.8. The smallest absolute Gasteiger partial charge is 0.407 e. The Kier molecular flexibility index (Phi) is 6.37. The second kappa shape index (κ2) is 9.23. The summed E-state index contributed by atoms with van der Waals surface area (Å²) in [5.41, 5.74) is 3.73. The van der Waals surface area contributed by atoms with Gasteiger partial charge in [-0.25, -0.2) is 9.59 Å². The van der Waals surface area contributed by atoms with E-state index in [1.165, 1.54) is 7.11 Å². The van der Waals surface area contributed by atoms with Crippen molar-refractivity contribution < 1.29 is 29.0 Å². The number of nitrogens with one attached hydrogen (secondary N) is 2. The summed E-state index contributed by atoms with van der Waals surface area (Å²) in [5.74, 6) is -1.62. The summed E-state index contributed by atoms with van der Waals surface area (Å²) >= 11 is 0. The third kappa shape index (κ3) is 4.57. The monoisotopic (exact) mass is 452 g/mol. The van der Waals surface area contributed by atoms with Crippen LogP contribution in [0.25, 0.3) is 11.1 Å². The highest BCUT2D eigenvalue weighted by molar-refractivity contribution is 5.90. The zero-order valence-electron chi connectivity index (χ0n) is 18.7. The lowest BCUT2D eigenvalue weighted by Crippen LogP contribution is -2.52. The molecule has 8 heteroatoms. The van der Waals surface area contributed by atoms with Crippen LogP contribution in [0.3, 0.4) is 0 Å². The van der Waals surface area contributed by atoms with Crippen LogP contribution in [-0.4, -0.2) is 55.5 Å². The molecule has 1 saturated carbocycles. The van der Waals surface area contributed by atoms with Crippen LogP contribution in [0.2, 0.25) is 0 Å². The normalized spacial score (nSPS) is 17.3. The molecule has 0 aliphatic heterocycles. The number of alkyl carbamates (subject to hydrolysis) is 1. The average molecular weight is 453 g/mol. The number of hydrogen-bond donors (Lipinski definition) is 3. The zero-order chi connectivity index (χ0) is 23.6. The first-order chi connectivity index (χ1) is 15.9. The molecule has 2 aliphatic carbocycles. The Labute approximate surface area is 192 Å². The van der Waals surface area contributed by atoms with E-state index in [4.69, 9.17) is 9.47 Å². The number of ether oxygens (including phenoxy) is 2. The van der Waals surface area contributed by atoms with Gasteiger partial charge in [0.2, 0.25) is 5.91 Å². The average Bonchev–Trinajstić information content (AvgIpc) is 3.56. The Hall–Kier alpha value is -3.39. The summed E-state index contributed by atoms with van der Waals surface area (Å²) in [6.45, 7) is 1.85. The highest BCUT2D eigenvalue weighted by atomic mass is 16.5. The SMILES string of the molecule is COC(C)C(NC(=O)C1(CNC(=O)OCC2c3ccccc3-c3ccccc32)CC1)C(=O)O. The summed E-state index contributed by atoms with van der Waals surface area (Å²) in [6.07, 6.45) is -0.153. The minimum absolute atomic E-state index is 0.0480. The van der Waals surface area contributed by atoms with E-state index in [0.29, 0.717) is 12.8 Å². The van der Waals surface area contributed by atoms with E-state index in [1.807, 2.05) is 36.4 Å². The van der Waals surface area contributed by atoms with E-state index in [2.05, 4.69) is 22.8 Å². The van der Waals surface area contributed by atoms with Gasteiger partial charge in [-0.15, -0.1) is 0 Å². The Morgan fingerprint density at radius 2 is 1.64 bits per heavy atom. The highest BCUT2D eigenvalue weighted by Gasteiger charge is 2.51. The van der Waals surface area contributed by atoms with Crippen molar-refractivity contribution in [1.29, 1.82) is 0 Å². The van der Waals surface area contributed by atoms with Gasteiger partial charge in [-0.05, 0) is 42.0 Å². The van der Waals surface area contributed by atoms with Gasteiger partial charge in [-0.1, -0.05) is 48.5 Å². The predicted molar refractivity (Wildman–Crippen MR) is 121 cm³/mol. The number of benzene rings is 2. The molecule has 3 N–H and O–H groups in total. The molecule has 4 rings (SSSR count). The largest absolute Gasteiger partial charge is 0.480 e. The molecule has 1 fully saturated rings. The Morgan fingerprint density at radius 1 is 1.06 bits per heavy atom. The van der Waals surface area contributed by atoms with E-state index >= 15 is 0 Å². The van der Waals surface area contributed by atoms with Crippen LogP contribution in [-0.2, 0) is 19.1 Å². The van der Waals surface area contributed by atoms with Crippen molar-refractivity contribution in [2.75, 3.05) is 20.3 Å². The molecule has 2 aromatic carbocycles. The molecule has 2 amide bonds. The van der Waals surface area contributed by atoms with Gasteiger partial charge in [0.05, 0.1) is 11.5 Å². The van der Waals surface area contributed by atoms with Gasteiger partial charge in [-0.2, -0.15) is 0 Å². The molecule has 2 atom stereocenters. The number of rotatable bonds is 9. The Balaban J connectivity index is 1.33. The number of aliphatic carboxylic acids is 1. The molecule has 0 radical (unpaired) electrons. The third-order valence-corrected chi connectivity index (χ3v) is 6.64. The van der Waals surface area contributed by atoms with Crippen LogP contribution < -0.4 is 10.6 Å². The minimum atomic E-state index is -1.17. The van der Waals surface area contributed by atoms with Gasteiger partial charge in [-0.3, -0.25) is 4.79 Å². The maximum Gasteiger partial charge on any atom is 0.407 e. The van der Waals surface area contributed by atoms with Gasteiger partial charge in [0, 0.05) is 19.6 Å². The van der Waals surface area contributed by atoms with Crippen molar-refractivity contribution in [2.45, 2.75) is 37.8 Å². The molecule has 0 saturated heterocycles. The maximum absolute atomic E-state index is 12.7. The van der Waals surface area contributed by atoms with E-state index in [-0.39, 0.29) is 19.1 Å². The van der Waals surface area contributed by atoms with Crippen molar-refractivity contribution >= 4 is 18.0 Å². The molecule has 0 aromatic heterocycles. The van der Waals surface area contributed by atoms with Gasteiger partial charge < -0.3 is 25.2 Å². The zero-order valence-corrected chi connectivity index (χ0v) is 18.7. The van der Waals surface area contributed by atoms with Crippen LogP contribution in [0, 0.1) is 5.41 Å². The lowest BCUT2D eigenvalue weighted by molar-refractivity contribution is -0.146. The minimum Gasteiger partial charge on any atom is -0.480 e. The number of hydrogen-bond acceptors (Lipinski definition) is 5. The number of carboxylic acids is 1. The van der Waals surface area contributed by atoms with Crippen LogP contribution in [0.15, 0.2) is 48.5 Å². The summed E-state index contributed by atoms with van der Waals surface area (Å²) in [6, 6.07) is 15.0. The molecule has 2 aromatic rings. The first-order valence-electron chi connectivity index (χ1n) is 11.0. The molecule has 33 heavy (non-hydrogen) atoms.